The number of aryl methyl sites for hydroxylation is 1. The second-order valence-electron chi connectivity index (χ2n) is 9.09. The van der Waals surface area contributed by atoms with E-state index >= 15 is 8.78 Å². The van der Waals surface area contributed by atoms with Gasteiger partial charge in [0.2, 0.25) is 0 Å². The van der Waals surface area contributed by atoms with Crippen molar-refractivity contribution in [3.8, 4) is 0 Å². The maximum absolute atomic E-state index is 15.1. The van der Waals surface area contributed by atoms with Crippen LogP contribution < -0.4 is 9.47 Å². The summed E-state index contributed by atoms with van der Waals surface area (Å²) in [5.74, 6) is -6.07. The summed E-state index contributed by atoms with van der Waals surface area (Å²) in [4.78, 5) is 1.41. The summed E-state index contributed by atoms with van der Waals surface area (Å²) in [6.45, 7) is 5.11. The van der Waals surface area contributed by atoms with Gasteiger partial charge in [0.05, 0.1) is 15.7 Å². The molecule has 0 unspecified atom stereocenters. The average Bonchev–Trinajstić information content (AvgIpc) is 2.85. The maximum atomic E-state index is 15.1. The lowest BCUT2D eigenvalue weighted by Crippen LogP contribution is -2.32. The molecule has 0 amide bonds. The average molecular weight is 545 g/mol. The number of hydrogen-bond donors (Lipinski definition) is 0. The van der Waals surface area contributed by atoms with Gasteiger partial charge in [-0.15, -0.1) is 0 Å². The van der Waals surface area contributed by atoms with E-state index in [1.54, 1.807) is 29.1 Å². The second-order valence-corrected chi connectivity index (χ2v) is 10.6. The van der Waals surface area contributed by atoms with Gasteiger partial charge >= 0.3 is 0 Å². The molecular formula is C27H36F4N2O3S. The van der Waals surface area contributed by atoms with Crippen LogP contribution in [-0.2, 0) is 16.7 Å². The van der Waals surface area contributed by atoms with Crippen LogP contribution in [0.15, 0.2) is 24.5 Å². The molecule has 0 fully saturated rings. The Balaban J connectivity index is 2.20. The van der Waals surface area contributed by atoms with Gasteiger partial charge in [-0.2, -0.15) is 0 Å². The smallest absolute Gasteiger partial charge is 0.185 e. The van der Waals surface area contributed by atoms with Crippen LogP contribution in [-0.4, -0.2) is 31.8 Å². The lowest BCUT2D eigenvalue weighted by atomic mass is 10.1. The van der Waals surface area contributed by atoms with Gasteiger partial charge in [-0.3, -0.25) is 0 Å². The molecule has 0 N–H and O–H groups in total. The molecule has 10 heteroatoms. The van der Waals surface area contributed by atoms with Crippen molar-refractivity contribution in [1.82, 2.24) is 0 Å². The first-order valence-electron chi connectivity index (χ1n) is 12.8. The van der Waals surface area contributed by atoms with E-state index in [2.05, 4.69) is 0 Å². The zero-order chi connectivity index (χ0) is 27.4. The topological polar surface area (TPSA) is 64.3 Å². The van der Waals surface area contributed by atoms with Crippen LogP contribution in [0, 0.1) is 23.3 Å². The molecule has 0 radical (unpaired) electrons. The van der Waals surface area contributed by atoms with Crippen molar-refractivity contribution in [1.29, 1.82) is 0 Å². The first-order valence-corrected chi connectivity index (χ1v) is 14.4. The van der Waals surface area contributed by atoms with Crippen molar-refractivity contribution in [2.75, 3.05) is 23.7 Å². The number of halogens is 4. The van der Waals surface area contributed by atoms with E-state index in [4.69, 9.17) is 0 Å². The molecular weight excluding hydrogens is 508 g/mol. The van der Waals surface area contributed by atoms with Crippen LogP contribution >= 0.6 is 0 Å². The summed E-state index contributed by atoms with van der Waals surface area (Å²) < 4.78 is 93.7. The van der Waals surface area contributed by atoms with Gasteiger partial charge in [0.15, 0.2) is 35.7 Å². The third-order valence-electron chi connectivity index (χ3n) is 6.07. The Morgan fingerprint density at radius 2 is 1.35 bits per heavy atom. The SMILES string of the molecule is CCCCCN(CCCCC)c1c(F)c(F)c(C=Cc2cc[n+](CCCCS(=O)(=O)[O-])cc2)c(F)c1F. The Hall–Kier alpha value is -2.46. The number of anilines is 1. The van der Waals surface area contributed by atoms with Gasteiger partial charge in [0.25, 0.3) is 0 Å². The van der Waals surface area contributed by atoms with Crippen LogP contribution in [0.5, 0.6) is 0 Å². The van der Waals surface area contributed by atoms with E-state index in [0.29, 0.717) is 44.5 Å². The third-order valence-corrected chi connectivity index (χ3v) is 6.86. The van der Waals surface area contributed by atoms with Gasteiger partial charge in [-0.25, -0.2) is 30.5 Å². The highest BCUT2D eigenvalue weighted by Gasteiger charge is 2.27. The number of benzene rings is 1. The number of rotatable bonds is 16. The molecule has 206 valence electrons. The van der Waals surface area contributed by atoms with Crippen LogP contribution in [0.25, 0.3) is 12.2 Å². The van der Waals surface area contributed by atoms with Gasteiger partial charge in [-0.05, 0) is 30.9 Å². The molecule has 0 aliphatic rings. The molecule has 1 heterocycles. The molecule has 0 bridgehead atoms. The zero-order valence-corrected chi connectivity index (χ0v) is 22.3. The van der Waals surface area contributed by atoms with Crippen molar-refractivity contribution in [2.45, 2.75) is 71.8 Å². The fourth-order valence-corrected chi connectivity index (χ4v) is 4.54. The molecule has 0 atom stereocenters. The van der Waals surface area contributed by atoms with Crippen LogP contribution in [0.1, 0.15) is 76.3 Å². The highest BCUT2D eigenvalue weighted by Crippen LogP contribution is 2.32. The minimum absolute atomic E-state index is 0.237. The Bertz CT molecular complexity index is 1100. The van der Waals surface area contributed by atoms with E-state index in [-0.39, 0.29) is 6.42 Å². The lowest BCUT2D eigenvalue weighted by molar-refractivity contribution is -0.697. The molecule has 0 spiro atoms. The van der Waals surface area contributed by atoms with Gasteiger partial charge in [0, 0.05) is 37.4 Å². The number of hydrogen-bond acceptors (Lipinski definition) is 4. The fraction of sp³-hybridized carbons (Fsp3) is 0.519. The molecule has 5 nitrogen and oxygen atoms in total. The van der Waals surface area contributed by atoms with Crippen molar-refractivity contribution < 1.29 is 35.1 Å². The predicted octanol–water partition coefficient (Wildman–Crippen LogP) is 6.21. The second kappa shape index (κ2) is 15.1. The summed E-state index contributed by atoms with van der Waals surface area (Å²) >= 11 is 0. The van der Waals surface area contributed by atoms with Crippen LogP contribution in [0.3, 0.4) is 0 Å². The van der Waals surface area contributed by atoms with E-state index in [0.717, 1.165) is 31.8 Å². The van der Waals surface area contributed by atoms with E-state index in [9.17, 15) is 21.8 Å². The maximum Gasteiger partial charge on any atom is 0.185 e. The lowest BCUT2D eigenvalue weighted by Gasteiger charge is -2.26. The molecule has 0 saturated heterocycles. The van der Waals surface area contributed by atoms with Gasteiger partial charge in [0.1, 0.15) is 12.2 Å². The zero-order valence-electron chi connectivity index (χ0n) is 21.5. The largest absolute Gasteiger partial charge is 0.748 e. The Kier molecular flexibility index (Phi) is 12.5. The molecule has 0 saturated carbocycles. The first-order chi connectivity index (χ1) is 17.6. The summed E-state index contributed by atoms with van der Waals surface area (Å²) in [7, 11) is -4.24. The highest BCUT2D eigenvalue weighted by atomic mass is 32.2. The van der Waals surface area contributed by atoms with Gasteiger partial charge < -0.3 is 9.45 Å². The van der Waals surface area contributed by atoms with Crippen molar-refractivity contribution >= 4 is 28.0 Å². The predicted molar refractivity (Wildman–Crippen MR) is 137 cm³/mol. The number of aromatic nitrogens is 1. The minimum atomic E-state index is -4.24. The Morgan fingerprint density at radius 3 is 1.84 bits per heavy atom. The Morgan fingerprint density at radius 1 is 0.811 bits per heavy atom. The molecule has 37 heavy (non-hydrogen) atoms. The monoisotopic (exact) mass is 544 g/mol. The third kappa shape index (κ3) is 9.74. The first kappa shape index (κ1) is 30.8. The molecule has 2 rings (SSSR count). The summed E-state index contributed by atoms with van der Waals surface area (Å²) in [6.07, 6.45) is 11.3. The fourth-order valence-electron chi connectivity index (χ4n) is 3.98. The quantitative estimate of drug-likeness (QED) is 0.0828. The van der Waals surface area contributed by atoms with Crippen molar-refractivity contribution in [3.05, 3.63) is 58.9 Å². The molecule has 2 aromatic rings. The molecule has 1 aromatic carbocycles. The van der Waals surface area contributed by atoms with Crippen LogP contribution in [0.2, 0.25) is 0 Å². The number of unbranched alkanes of at least 4 members (excludes halogenated alkanes) is 5. The molecule has 1 aromatic heterocycles. The number of pyridine rings is 1. The van der Waals surface area contributed by atoms with Gasteiger partial charge in [-0.1, -0.05) is 45.6 Å². The molecule has 0 aliphatic carbocycles. The summed E-state index contributed by atoms with van der Waals surface area (Å²) in [5, 5.41) is 0. The normalized spacial score (nSPS) is 12.0. The summed E-state index contributed by atoms with van der Waals surface area (Å²) in [6, 6.07) is 3.28. The van der Waals surface area contributed by atoms with E-state index in [1.807, 2.05) is 13.8 Å². The van der Waals surface area contributed by atoms with E-state index < -0.39 is 50.4 Å². The Labute approximate surface area is 217 Å². The molecule has 0 aliphatic heterocycles. The van der Waals surface area contributed by atoms with Crippen LogP contribution in [0.4, 0.5) is 23.2 Å². The highest BCUT2D eigenvalue weighted by molar-refractivity contribution is 7.85. The number of nitrogens with zero attached hydrogens (tertiary/aromatic N) is 2. The summed E-state index contributed by atoms with van der Waals surface area (Å²) in [5.41, 5.74) is -0.885. The standard InChI is InChI=1S/C27H36F4N2O3S/c1-3-5-7-16-33(17-8-6-4-2)27-25(30)23(28)22(24(29)26(27)31)12-11-21-13-18-32(19-14-21)15-9-10-20-37(34,35)36/h11-14,18-19H,3-10,15-17,20H2,1-2H3. The van der Waals surface area contributed by atoms with E-state index in [1.165, 1.54) is 11.0 Å². The minimum Gasteiger partial charge on any atom is -0.748 e. The van der Waals surface area contributed by atoms with Crippen molar-refractivity contribution in [2.24, 2.45) is 0 Å². The van der Waals surface area contributed by atoms with Crippen molar-refractivity contribution in [3.63, 3.8) is 0 Å².